The minimum atomic E-state index is -0.396. The SMILES string of the molecule is O=C(NC1CCCCCCC1)c1cnc(-c2ccccc2)[nH]c1=O. The number of aromatic amines is 1. The van der Waals surface area contributed by atoms with Crippen molar-refractivity contribution in [2.45, 2.75) is 51.0 Å². The van der Waals surface area contributed by atoms with Gasteiger partial charge in [0.2, 0.25) is 0 Å². The lowest BCUT2D eigenvalue weighted by Gasteiger charge is -2.20. The smallest absolute Gasteiger partial charge is 0.264 e. The maximum absolute atomic E-state index is 12.4. The van der Waals surface area contributed by atoms with E-state index in [0.29, 0.717) is 5.82 Å². The minimum Gasteiger partial charge on any atom is -0.349 e. The number of hydrogen-bond donors (Lipinski definition) is 2. The lowest BCUT2D eigenvalue weighted by atomic mass is 9.96. The molecule has 0 radical (unpaired) electrons. The van der Waals surface area contributed by atoms with E-state index in [4.69, 9.17) is 0 Å². The van der Waals surface area contributed by atoms with E-state index in [1.165, 1.54) is 25.5 Å². The van der Waals surface area contributed by atoms with Crippen molar-refractivity contribution in [3.05, 3.63) is 52.4 Å². The fraction of sp³-hybridized carbons (Fsp3) is 0.421. The van der Waals surface area contributed by atoms with Gasteiger partial charge in [-0.25, -0.2) is 4.98 Å². The fourth-order valence-corrected chi connectivity index (χ4v) is 3.16. The molecule has 5 nitrogen and oxygen atoms in total. The molecule has 1 aliphatic carbocycles. The van der Waals surface area contributed by atoms with Crippen LogP contribution in [0, 0.1) is 0 Å². The third kappa shape index (κ3) is 4.10. The number of carbonyl (C=O) groups is 1. The molecule has 0 spiro atoms. The van der Waals surface area contributed by atoms with Crippen LogP contribution in [0.1, 0.15) is 55.3 Å². The van der Waals surface area contributed by atoms with Gasteiger partial charge < -0.3 is 10.3 Å². The van der Waals surface area contributed by atoms with Crippen LogP contribution >= 0.6 is 0 Å². The average molecular weight is 325 g/mol. The zero-order chi connectivity index (χ0) is 16.8. The van der Waals surface area contributed by atoms with Crippen molar-refractivity contribution in [1.82, 2.24) is 15.3 Å². The van der Waals surface area contributed by atoms with Gasteiger partial charge >= 0.3 is 0 Å². The molecule has 1 aromatic carbocycles. The highest BCUT2D eigenvalue weighted by molar-refractivity contribution is 5.93. The number of H-pyrrole nitrogens is 1. The molecule has 0 unspecified atom stereocenters. The Morgan fingerprint density at radius 3 is 2.38 bits per heavy atom. The number of rotatable bonds is 3. The minimum absolute atomic E-state index is 0.0803. The molecule has 0 saturated heterocycles. The van der Waals surface area contributed by atoms with Gasteiger partial charge in [-0.2, -0.15) is 0 Å². The van der Waals surface area contributed by atoms with Gasteiger partial charge in [-0.05, 0) is 12.8 Å². The molecule has 1 fully saturated rings. The van der Waals surface area contributed by atoms with Crippen molar-refractivity contribution < 1.29 is 4.79 Å². The molecule has 1 aliphatic rings. The highest BCUT2D eigenvalue weighted by Gasteiger charge is 2.18. The van der Waals surface area contributed by atoms with Crippen LogP contribution in [0.5, 0.6) is 0 Å². The Morgan fingerprint density at radius 1 is 1.04 bits per heavy atom. The molecular formula is C19H23N3O2. The molecule has 126 valence electrons. The zero-order valence-electron chi connectivity index (χ0n) is 13.8. The van der Waals surface area contributed by atoms with Gasteiger partial charge in [0.15, 0.2) is 0 Å². The lowest BCUT2D eigenvalue weighted by Crippen LogP contribution is -2.38. The van der Waals surface area contributed by atoms with Gasteiger partial charge in [0.1, 0.15) is 11.4 Å². The van der Waals surface area contributed by atoms with Crippen LogP contribution in [0.4, 0.5) is 0 Å². The summed E-state index contributed by atoms with van der Waals surface area (Å²) < 4.78 is 0. The number of hydrogen-bond acceptors (Lipinski definition) is 3. The predicted octanol–water partition coefficient (Wildman–Crippen LogP) is 3.28. The summed E-state index contributed by atoms with van der Waals surface area (Å²) in [5.74, 6) is 0.150. The number of aromatic nitrogens is 2. The van der Waals surface area contributed by atoms with E-state index in [2.05, 4.69) is 15.3 Å². The van der Waals surface area contributed by atoms with E-state index in [1.807, 2.05) is 30.3 Å². The van der Waals surface area contributed by atoms with Crippen LogP contribution in [0.15, 0.2) is 41.3 Å². The molecule has 2 aromatic rings. The third-order valence-electron chi connectivity index (χ3n) is 4.53. The number of nitrogens with zero attached hydrogens (tertiary/aromatic N) is 1. The van der Waals surface area contributed by atoms with E-state index >= 15 is 0 Å². The first kappa shape index (κ1) is 16.4. The normalized spacial score (nSPS) is 16.2. The monoisotopic (exact) mass is 325 g/mol. The van der Waals surface area contributed by atoms with Crippen LogP contribution in [0.25, 0.3) is 11.4 Å². The quantitative estimate of drug-likeness (QED) is 0.909. The molecule has 1 heterocycles. The zero-order valence-corrected chi connectivity index (χ0v) is 13.8. The van der Waals surface area contributed by atoms with Crippen LogP contribution in [0.3, 0.4) is 0 Å². The lowest BCUT2D eigenvalue weighted by molar-refractivity contribution is 0.0928. The molecule has 0 bridgehead atoms. The second kappa shape index (κ2) is 7.90. The maximum atomic E-state index is 12.4. The Hall–Kier alpha value is -2.43. The number of carbonyl (C=O) groups excluding carboxylic acids is 1. The van der Waals surface area contributed by atoms with Gasteiger partial charge in [-0.1, -0.05) is 62.4 Å². The maximum Gasteiger partial charge on any atom is 0.264 e. The Labute approximate surface area is 141 Å². The molecule has 1 saturated carbocycles. The highest BCUT2D eigenvalue weighted by Crippen LogP contribution is 2.17. The Morgan fingerprint density at radius 2 is 1.71 bits per heavy atom. The first-order valence-electron chi connectivity index (χ1n) is 8.69. The first-order valence-corrected chi connectivity index (χ1v) is 8.69. The van der Waals surface area contributed by atoms with Gasteiger partial charge in [0, 0.05) is 17.8 Å². The van der Waals surface area contributed by atoms with E-state index in [0.717, 1.165) is 31.2 Å². The van der Waals surface area contributed by atoms with Gasteiger partial charge in [-0.3, -0.25) is 9.59 Å². The molecule has 5 heteroatoms. The summed E-state index contributed by atoms with van der Waals surface area (Å²) in [6.45, 7) is 0. The van der Waals surface area contributed by atoms with Gasteiger partial charge in [-0.15, -0.1) is 0 Å². The van der Waals surface area contributed by atoms with Crippen LogP contribution in [-0.4, -0.2) is 21.9 Å². The van der Waals surface area contributed by atoms with Crippen LogP contribution in [0.2, 0.25) is 0 Å². The van der Waals surface area contributed by atoms with Crippen LogP contribution in [-0.2, 0) is 0 Å². The Balaban J connectivity index is 1.72. The molecule has 1 amide bonds. The topological polar surface area (TPSA) is 74.8 Å². The number of amides is 1. The first-order chi connectivity index (χ1) is 11.7. The standard InChI is InChI=1S/C19H23N3O2/c23-18(21-15-11-7-2-1-3-8-12-15)16-13-20-17(22-19(16)24)14-9-5-4-6-10-14/h4-6,9-10,13,15H,1-3,7-8,11-12H2,(H,21,23)(H,20,22,24). The molecule has 2 N–H and O–H groups in total. The van der Waals surface area contributed by atoms with E-state index in [1.54, 1.807) is 0 Å². The molecular weight excluding hydrogens is 302 g/mol. The van der Waals surface area contributed by atoms with Crippen molar-refractivity contribution in [1.29, 1.82) is 0 Å². The number of benzene rings is 1. The van der Waals surface area contributed by atoms with Crippen molar-refractivity contribution in [3.8, 4) is 11.4 Å². The van der Waals surface area contributed by atoms with Gasteiger partial charge in [0.05, 0.1) is 0 Å². The molecule has 3 rings (SSSR count). The predicted molar refractivity (Wildman–Crippen MR) is 93.9 cm³/mol. The summed E-state index contributed by atoms with van der Waals surface area (Å²) in [4.78, 5) is 31.6. The summed E-state index contributed by atoms with van der Waals surface area (Å²) >= 11 is 0. The van der Waals surface area contributed by atoms with Crippen molar-refractivity contribution in [2.24, 2.45) is 0 Å². The Bertz CT molecular complexity index is 732. The van der Waals surface area contributed by atoms with E-state index < -0.39 is 5.56 Å². The van der Waals surface area contributed by atoms with E-state index in [-0.39, 0.29) is 17.5 Å². The molecule has 0 atom stereocenters. The highest BCUT2D eigenvalue weighted by atomic mass is 16.2. The third-order valence-corrected chi connectivity index (χ3v) is 4.53. The summed E-state index contributed by atoms with van der Waals surface area (Å²) in [6.07, 6.45) is 9.34. The van der Waals surface area contributed by atoms with Crippen molar-refractivity contribution in [2.75, 3.05) is 0 Å². The summed E-state index contributed by atoms with van der Waals surface area (Å²) in [5.41, 5.74) is 0.505. The van der Waals surface area contributed by atoms with Crippen molar-refractivity contribution >= 4 is 5.91 Å². The van der Waals surface area contributed by atoms with E-state index in [9.17, 15) is 9.59 Å². The second-order valence-electron chi connectivity index (χ2n) is 6.36. The molecule has 1 aromatic heterocycles. The number of nitrogens with one attached hydrogen (secondary N) is 2. The summed E-state index contributed by atoms with van der Waals surface area (Å²) in [5, 5.41) is 3.00. The van der Waals surface area contributed by atoms with Crippen molar-refractivity contribution in [3.63, 3.8) is 0 Å². The summed E-state index contributed by atoms with van der Waals surface area (Å²) in [7, 11) is 0. The molecule has 24 heavy (non-hydrogen) atoms. The van der Waals surface area contributed by atoms with Gasteiger partial charge in [0.25, 0.3) is 11.5 Å². The molecule has 0 aliphatic heterocycles. The summed E-state index contributed by atoms with van der Waals surface area (Å²) in [6, 6.07) is 9.55. The second-order valence-corrected chi connectivity index (χ2v) is 6.36. The largest absolute Gasteiger partial charge is 0.349 e. The van der Waals surface area contributed by atoms with Crippen LogP contribution < -0.4 is 10.9 Å². The Kier molecular flexibility index (Phi) is 5.41. The fourth-order valence-electron chi connectivity index (χ4n) is 3.16. The average Bonchev–Trinajstić information content (AvgIpc) is 2.57.